The molecule has 0 saturated heterocycles. The van der Waals surface area contributed by atoms with Crippen LogP contribution in [-0.2, 0) is 32.3 Å². The van der Waals surface area contributed by atoms with Crippen LogP contribution in [-0.4, -0.2) is 47.5 Å². The second-order valence-corrected chi connectivity index (χ2v) is 12.6. The average molecular weight is 715 g/mol. The highest BCUT2D eigenvalue weighted by atomic mass is 35.5. The number of rotatable bonds is 18. The van der Waals surface area contributed by atoms with E-state index in [0.29, 0.717) is 25.8 Å². The van der Waals surface area contributed by atoms with E-state index >= 15 is 0 Å². The van der Waals surface area contributed by atoms with Crippen molar-refractivity contribution in [2.24, 2.45) is 5.92 Å². The molecule has 0 fully saturated rings. The summed E-state index contributed by atoms with van der Waals surface area (Å²) in [7, 11) is 0. The molecule has 3 aromatic carbocycles. The Morgan fingerprint density at radius 1 is 0.776 bits per heavy atom. The van der Waals surface area contributed by atoms with Crippen molar-refractivity contribution in [3.63, 3.8) is 0 Å². The number of aromatic carboxylic acids is 1. The van der Waals surface area contributed by atoms with E-state index in [4.69, 9.17) is 32.7 Å². The van der Waals surface area contributed by atoms with Gasteiger partial charge in [0.05, 0.1) is 10.6 Å². The number of hydrogen-bond acceptors (Lipinski definition) is 7. The van der Waals surface area contributed by atoms with Crippen molar-refractivity contribution in [2.75, 3.05) is 6.54 Å². The number of ketones is 1. The van der Waals surface area contributed by atoms with E-state index in [1.807, 2.05) is 50.2 Å². The first-order chi connectivity index (χ1) is 23.4. The number of carbonyl (C=O) groups excluding carboxylic acids is 4. The average Bonchev–Trinajstić information content (AvgIpc) is 3.08. The van der Waals surface area contributed by atoms with E-state index < -0.39 is 41.9 Å². The van der Waals surface area contributed by atoms with Crippen molar-refractivity contribution in [1.29, 1.82) is 0 Å². The molecule has 0 aliphatic heterocycles. The number of carbonyl (C=O) groups is 5. The molecular weight excluding hydrogens is 673 g/mol. The van der Waals surface area contributed by atoms with E-state index in [-0.39, 0.29) is 53.1 Å². The predicted molar refractivity (Wildman–Crippen MR) is 185 cm³/mol. The summed E-state index contributed by atoms with van der Waals surface area (Å²) in [5.74, 6) is -2.52. The van der Waals surface area contributed by atoms with Crippen LogP contribution in [0.2, 0.25) is 10.0 Å². The Bertz CT molecular complexity index is 1570. The number of hydrogen-bond donors (Lipinski definition) is 4. The quantitative estimate of drug-likeness (QED) is 0.100. The highest BCUT2D eigenvalue weighted by molar-refractivity contribution is 6.36. The van der Waals surface area contributed by atoms with Crippen molar-refractivity contribution in [1.82, 2.24) is 16.0 Å². The Morgan fingerprint density at radius 2 is 1.37 bits per heavy atom. The van der Waals surface area contributed by atoms with Crippen molar-refractivity contribution < 1.29 is 38.6 Å². The Hall–Kier alpha value is -4.61. The lowest BCUT2D eigenvalue weighted by molar-refractivity contribution is -0.129. The molecule has 0 aliphatic rings. The molecule has 3 rings (SSSR count). The molecule has 0 saturated carbocycles. The molecule has 0 spiro atoms. The fourth-order valence-corrected chi connectivity index (χ4v) is 5.40. The van der Waals surface area contributed by atoms with E-state index in [0.717, 1.165) is 17.2 Å². The van der Waals surface area contributed by atoms with Crippen molar-refractivity contribution >= 4 is 53.0 Å². The van der Waals surface area contributed by atoms with Crippen LogP contribution in [0.1, 0.15) is 79.0 Å². The first-order valence-corrected chi connectivity index (χ1v) is 16.7. The second kappa shape index (κ2) is 20.0. The molecule has 0 radical (unpaired) electrons. The summed E-state index contributed by atoms with van der Waals surface area (Å²) in [5, 5.41) is 17.4. The van der Waals surface area contributed by atoms with Crippen molar-refractivity contribution in [3.05, 3.63) is 105 Å². The molecule has 262 valence electrons. The van der Waals surface area contributed by atoms with Crippen LogP contribution in [0.3, 0.4) is 0 Å². The van der Waals surface area contributed by atoms with Gasteiger partial charge in [-0.15, -0.1) is 0 Å². The summed E-state index contributed by atoms with van der Waals surface area (Å²) in [6.07, 6.45) is 0.347. The number of nitrogens with one attached hydrogen (secondary N) is 3. The maximum absolute atomic E-state index is 13.6. The largest absolute Gasteiger partial charge is 0.478 e. The minimum absolute atomic E-state index is 0.00393. The summed E-state index contributed by atoms with van der Waals surface area (Å²) in [5.41, 5.74) is 1.31. The lowest BCUT2D eigenvalue weighted by atomic mass is 9.95. The summed E-state index contributed by atoms with van der Waals surface area (Å²) < 4.78 is 10.5. The molecule has 0 aromatic heterocycles. The normalized spacial score (nSPS) is 12.0. The molecule has 0 bridgehead atoms. The second-order valence-electron chi connectivity index (χ2n) is 11.8. The molecule has 11 nitrogen and oxygen atoms in total. The Kier molecular flexibility index (Phi) is 15.9. The van der Waals surface area contributed by atoms with Gasteiger partial charge in [-0.3, -0.25) is 9.59 Å². The van der Waals surface area contributed by atoms with Gasteiger partial charge in [-0.1, -0.05) is 104 Å². The van der Waals surface area contributed by atoms with Crippen LogP contribution >= 0.6 is 23.2 Å². The number of unbranched alkanes of at least 4 members (excludes halogenated alkanes) is 2. The van der Waals surface area contributed by atoms with Gasteiger partial charge < -0.3 is 30.5 Å². The zero-order chi connectivity index (χ0) is 35.8. The van der Waals surface area contributed by atoms with Gasteiger partial charge in [-0.2, -0.15) is 0 Å². The van der Waals surface area contributed by atoms with Gasteiger partial charge in [0.15, 0.2) is 5.78 Å². The maximum Gasteiger partial charge on any atom is 0.408 e. The number of carboxylic acid groups (broad SMARTS) is 1. The van der Waals surface area contributed by atoms with Gasteiger partial charge >= 0.3 is 18.2 Å². The van der Waals surface area contributed by atoms with Gasteiger partial charge in [0.1, 0.15) is 25.3 Å². The van der Waals surface area contributed by atoms with Crippen LogP contribution in [0.25, 0.3) is 0 Å². The van der Waals surface area contributed by atoms with E-state index in [1.165, 1.54) is 6.07 Å². The van der Waals surface area contributed by atoms with Crippen LogP contribution in [0.5, 0.6) is 0 Å². The van der Waals surface area contributed by atoms with E-state index in [9.17, 15) is 29.1 Å². The Balaban J connectivity index is 1.65. The molecule has 1 unspecified atom stereocenters. The van der Waals surface area contributed by atoms with Crippen LogP contribution in [0, 0.1) is 5.92 Å². The number of amides is 3. The van der Waals surface area contributed by atoms with Gasteiger partial charge in [-0.25, -0.2) is 14.4 Å². The van der Waals surface area contributed by atoms with E-state index in [1.54, 1.807) is 24.3 Å². The molecule has 0 aliphatic carbocycles. The number of Topliss-reactive ketones (excluding diaryl/α,β-unsaturated/α-hetero) is 1. The SMILES string of the molecule is CC(C)C[C@H](NC(=O)OCc1ccccc1)C(=O)NC(C(=O)CCCCCNC(=O)OCc1ccccc1)c1cc(Cl)cc(C(=O)O)c1Cl. The standard InChI is InChI=1S/C36H41Cl2N3O8/c1-23(2)18-29(40-36(47)49-22-25-14-8-4-9-15-25)33(43)41-32(27-19-26(37)20-28(31(27)38)34(44)45)30(42)16-10-5-11-17-39-35(46)48-21-24-12-6-3-7-13-24/h3-4,6-9,12-15,19-20,23,29,32H,5,10-11,16-18,21-22H2,1-2H3,(H,39,46)(H,40,47)(H,41,43)(H,44,45)/t29-,32?/m0/s1. The summed E-state index contributed by atoms with van der Waals surface area (Å²) >= 11 is 12.7. The number of halogens is 2. The lowest BCUT2D eigenvalue weighted by Crippen LogP contribution is -2.49. The summed E-state index contributed by atoms with van der Waals surface area (Å²) in [4.78, 5) is 63.8. The third-order valence-corrected chi connectivity index (χ3v) is 7.97. The molecule has 49 heavy (non-hydrogen) atoms. The molecular formula is C36H41Cl2N3O8. The van der Waals surface area contributed by atoms with Crippen LogP contribution < -0.4 is 16.0 Å². The van der Waals surface area contributed by atoms with Gasteiger partial charge in [0, 0.05) is 23.6 Å². The maximum atomic E-state index is 13.6. The number of benzene rings is 3. The molecule has 4 N–H and O–H groups in total. The topological polar surface area (TPSA) is 160 Å². The zero-order valence-electron chi connectivity index (χ0n) is 27.4. The monoisotopic (exact) mass is 713 g/mol. The lowest BCUT2D eigenvalue weighted by Gasteiger charge is -2.25. The first kappa shape index (κ1) is 38.8. The highest BCUT2D eigenvalue weighted by Crippen LogP contribution is 2.32. The third-order valence-electron chi connectivity index (χ3n) is 7.33. The highest BCUT2D eigenvalue weighted by Gasteiger charge is 2.31. The summed E-state index contributed by atoms with van der Waals surface area (Å²) in [6.45, 7) is 4.19. The van der Waals surface area contributed by atoms with Gasteiger partial charge in [0.25, 0.3) is 0 Å². The number of ether oxygens (including phenoxy) is 2. The molecule has 3 amide bonds. The van der Waals surface area contributed by atoms with Gasteiger partial charge in [-0.05, 0) is 48.4 Å². The molecule has 13 heteroatoms. The van der Waals surface area contributed by atoms with Gasteiger partial charge in [0.2, 0.25) is 5.91 Å². The van der Waals surface area contributed by atoms with Crippen molar-refractivity contribution in [3.8, 4) is 0 Å². The molecule has 0 heterocycles. The smallest absolute Gasteiger partial charge is 0.408 e. The third kappa shape index (κ3) is 13.4. The zero-order valence-corrected chi connectivity index (χ0v) is 28.9. The molecule has 3 aromatic rings. The number of alkyl carbamates (subject to hydrolysis) is 2. The minimum atomic E-state index is -1.36. The van der Waals surface area contributed by atoms with E-state index in [2.05, 4.69) is 16.0 Å². The minimum Gasteiger partial charge on any atom is -0.478 e. The Labute approximate surface area is 295 Å². The number of carboxylic acids is 1. The van der Waals surface area contributed by atoms with Crippen LogP contribution in [0.4, 0.5) is 9.59 Å². The van der Waals surface area contributed by atoms with Crippen LogP contribution in [0.15, 0.2) is 72.8 Å². The fraction of sp³-hybridized carbons (Fsp3) is 0.361. The summed E-state index contributed by atoms with van der Waals surface area (Å²) in [6, 6.07) is 18.3. The first-order valence-electron chi connectivity index (χ1n) is 15.9. The predicted octanol–water partition coefficient (Wildman–Crippen LogP) is 7.25. The molecule has 2 atom stereocenters. The Morgan fingerprint density at radius 3 is 1.94 bits per heavy atom. The fourth-order valence-electron chi connectivity index (χ4n) is 4.87. The van der Waals surface area contributed by atoms with Crippen molar-refractivity contribution in [2.45, 2.75) is 71.2 Å².